The maximum absolute atomic E-state index is 12.7. The number of hydrogen-bond donors (Lipinski definition) is 1. The van der Waals surface area contributed by atoms with Crippen LogP contribution in [-0.4, -0.2) is 12.7 Å². The number of alkyl halides is 1. The Morgan fingerprint density at radius 3 is 2.45 bits per heavy atom. The number of hydrogen-bond acceptors (Lipinski definition) is 1. The quantitative estimate of drug-likeness (QED) is 0.700. The van der Waals surface area contributed by atoms with Crippen LogP contribution in [0.4, 0.5) is 4.39 Å². The predicted octanol–water partition coefficient (Wildman–Crippen LogP) is 1.53. The minimum Gasteiger partial charge on any atom is -0.328 e. The Bertz CT molecular complexity index is 198. The molecule has 0 aromatic heterocycles. The number of nitrogens with two attached hydrogens (primary N) is 1. The van der Waals surface area contributed by atoms with Gasteiger partial charge in [0, 0.05) is 13.0 Å². The second-order valence-electron chi connectivity index (χ2n) is 2.52. The Kier molecular flexibility index (Phi) is 3.05. The minimum absolute atomic E-state index is 0.106. The first-order valence-corrected chi connectivity index (χ1v) is 3.71. The number of rotatable bonds is 3. The summed E-state index contributed by atoms with van der Waals surface area (Å²) >= 11 is 0. The molecule has 0 radical (unpaired) electrons. The summed E-state index contributed by atoms with van der Waals surface area (Å²) in [5, 5.41) is 0. The highest BCUT2D eigenvalue weighted by Gasteiger charge is 2.03. The predicted molar refractivity (Wildman–Crippen MR) is 44.1 cm³/mol. The molecular weight excluding hydrogens is 141 g/mol. The Hall–Kier alpha value is -0.890. The lowest BCUT2D eigenvalue weighted by atomic mass is 10.1. The van der Waals surface area contributed by atoms with Crippen LogP contribution in [0.1, 0.15) is 5.56 Å². The molecule has 0 amide bonds. The molecule has 60 valence electrons. The zero-order valence-corrected chi connectivity index (χ0v) is 6.33. The molecule has 1 atom stereocenters. The fourth-order valence-corrected chi connectivity index (χ4v) is 0.953. The van der Waals surface area contributed by atoms with E-state index in [0.29, 0.717) is 6.42 Å². The van der Waals surface area contributed by atoms with Crippen LogP contribution in [-0.2, 0) is 6.42 Å². The minimum atomic E-state index is -0.905. The van der Waals surface area contributed by atoms with E-state index in [9.17, 15) is 4.39 Å². The lowest BCUT2D eigenvalue weighted by molar-refractivity contribution is 0.340. The molecule has 0 saturated heterocycles. The third kappa shape index (κ3) is 2.68. The fourth-order valence-electron chi connectivity index (χ4n) is 0.953. The molecule has 0 saturated carbocycles. The molecule has 0 fully saturated rings. The topological polar surface area (TPSA) is 26.0 Å². The number of benzene rings is 1. The monoisotopic (exact) mass is 153 g/mol. The van der Waals surface area contributed by atoms with Crippen LogP contribution in [0.5, 0.6) is 0 Å². The van der Waals surface area contributed by atoms with Gasteiger partial charge in [0.05, 0.1) is 0 Å². The second-order valence-corrected chi connectivity index (χ2v) is 2.52. The molecule has 0 aliphatic carbocycles. The molecule has 1 aromatic rings. The molecule has 2 heteroatoms. The largest absolute Gasteiger partial charge is 0.328 e. The van der Waals surface area contributed by atoms with Crippen molar-refractivity contribution in [3.63, 3.8) is 0 Å². The van der Waals surface area contributed by atoms with E-state index in [1.54, 1.807) is 0 Å². The van der Waals surface area contributed by atoms with Crippen molar-refractivity contribution in [1.29, 1.82) is 0 Å². The van der Waals surface area contributed by atoms with E-state index in [0.717, 1.165) is 5.56 Å². The van der Waals surface area contributed by atoms with Crippen LogP contribution in [0, 0.1) is 0 Å². The van der Waals surface area contributed by atoms with E-state index in [-0.39, 0.29) is 6.54 Å². The zero-order chi connectivity index (χ0) is 8.10. The van der Waals surface area contributed by atoms with Crippen molar-refractivity contribution >= 4 is 0 Å². The summed E-state index contributed by atoms with van der Waals surface area (Å²) in [4.78, 5) is 0. The van der Waals surface area contributed by atoms with E-state index < -0.39 is 6.17 Å². The third-order valence-corrected chi connectivity index (χ3v) is 1.56. The Labute approximate surface area is 66.0 Å². The smallest absolute Gasteiger partial charge is 0.116 e. The molecule has 1 aromatic carbocycles. The molecule has 0 aliphatic rings. The van der Waals surface area contributed by atoms with E-state index in [4.69, 9.17) is 5.73 Å². The van der Waals surface area contributed by atoms with Crippen LogP contribution in [0.25, 0.3) is 0 Å². The Morgan fingerprint density at radius 2 is 1.91 bits per heavy atom. The summed E-state index contributed by atoms with van der Waals surface area (Å²) in [5.74, 6) is 0. The maximum Gasteiger partial charge on any atom is 0.116 e. The first-order valence-electron chi connectivity index (χ1n) is 3.71. The molecule has 0 spiro atoms. The van der Waals surface area contributed by atoms with Gasteiger partial charge in [0.25, 0.3) is 0 Å². The van der Waals surface area contributed by atoms with Crippen molar-refractivity contribution in [3.05, 3.63) is 35.9 Å². The second kappa shape index (κ2) is 4.09. The average Bonchev–Trinajstić information content (AvgIpc) is 2.06. The summed E-state index contributed by atoms with van der Waals surface area (Å²) in [6.45, 7) is 0.106. The van der Waals surface area contributed by atoms with Crippen LogP contribution in [0.15, 0.2) is 30.3 Å². The van der Waals surface area contributed by atoms with Gasteiger partial charge in [-0.05, 0) is 5.56 Å². The molecule has 11 heavy (non-hydrogen) atoms. The average molecular weight is 153 g/mol. The van der Waals surface area contributed by atoms with Gasteiger partial charge in [-0.3, -0.25) is 0 Å². The van der Waals surface area contributed by atoms with E-state index in [2.05, 4.69) is 0 Å². The van der Waals surface area contributed by atoms with E-state index in [1.165, 1.54) is 0 Å². The molecule has 1 nitrogen and oxygen atoms in total. The lowest BCUT2D eigenvalue weighted by Crippen LogP contribution is -2.17. The molecule has 2 N–H and O–H groups in total. The first-order chi connectivity index (χ1) is 5.33. The fraction of sp³-hybridized carbons (Fsp3) is 0.333. The van der Waals surface area contributed by atoms with Crippen molar-refractivity contribution in [2.24, 2.45) is 5.73 Å². The molecule has 0 unspecified atom stereocenters. The highest BCUT2D eigenvalue weighted by atomic mass is 19.1. The summed E-state index contributed by atoms with van der Waals surface area (Å²) in [6.07, 6.45) is -0.477. The third-order valence-electron chi connectivity index (χ3n) is 1.56. The zero-order valence-electron chi connectivity index (χ0n) is 6.33. The van der Waals surface area contributed by atoms with Gasteiger partial charge < -0.3 is 5.73 Å². The molecule has 0 bridgehead atoms. The molecule has 0 aliphatic heterocycles. The summed E-state index contributed by atoms with van der Waals surface area (Å²) in [7, 11) is 0. The van der Waals surface area contributed by atoms with Crippen LogP contribution in [0.3, 0.4) is 0 Å². The van der Waals surface area contributed by atoms with Gasteiger partial charge in [-0.1, -0.05) is 30.3 Å². The van der Waals surface area contributed by atoms with E-state index >= 15 is 0 Å². The van der Waals surface area contributed by atoms with Crippen molar-refractivity contribution in [1.82, 2.24) is 0 Å². The summed E-state index contributed by atoms with van der Waals surface area (Å²) in [6, 6.07) is 9.53. The standard InChI is InChI=1S/C9H12FN/c10-9(7-11)6-8-4-2-1-3-5-8/h1-5,9H,6-7,11H2/t9-/m0/s1. The molecular formula is C9H12FN. The van der Waals surface area contributed by atoms with Crippen LogP contribution >= 0.6 is 0 Å². The van der Waals surface area contributed by atoms with Crippen LogP contribution < -0.4 is 5.73 Å². The van der Waals surface area contributed by atoms with Gasteiger partial charge in [0.15, 0.2) is 0 Å². The normalized spacial score (nSPS) is 12.9. The first kappa shape index (κ1) is 8.21. The van der Waals surface area contributed by atoms with Crippen molar-refractivity contribution in [2.45, 2.75) is 12.6 Å². The maximum atomic E-state index is 12.7. The van der Waals surface area contributed by atoms with Gasteiger partial charge in [-0.2, -0.15) is 0 Å². The van der Waals surface area contributed by atoms with Gasteiger partial charge in [-0.15, -0.1) is 0 Å². The Morgan fingerprint density at radius 1 is 1.27 bits per heavy atom. The van der Waals surface area contributed by atoms with Gasteiger partial charge >= 0.3 is 0 Å². The molecule has 1 rings (SSSR count). The Balaban J connectivity index is 2.51. The van der Waals surface area contributed by atoms with E-state index in [1.807, 2.05) is 30.3 Å². The van der Waals surface area contributed by atoms with Gasteiger partial charge in [0.1, 0.15) is 6.17 Å². The summed E-state index contributed by atoms with van der Waals surface area (Å²) < 4.78 is 12.7. The van der Waals surface area contributed by atoms with Crippen molar-refractivity contribution < 1.29 is 4.39 Å². The molecule has 0 heterocycles. The van der Waals surface area contributed by atoms with Gasteiger partial charge in [-0.25, -0.2) is 4.39 Å². The summed E-state index contributed by atoms with van der Waals surface area (Å²) in [5.41, 5.74) is 6.15. The highest BCUT2D eigenvalue weighted by Crippen LogP contribution is 2.03. The number of halogens is 1. The van der Waals surface area contributed by atoms with Crippen LogP contribution in [0.2, 0.25) is 0 Å². The highest BCUT2D eigenvalue weighted by molar-refractivity contribution is 5.15. The van der Waals surface area contributed by atoms with Crippen molar-refractivity contribution in [2.75, 3.05) is 6.54 Å². The van der Waals surface area contributed by atoms with Gasteiger partial charge in [0.2, 0.25) is 0 Å². The lowest BCUT2D eigenvalue weighted by Gasteiger charge is -2.03. The van der Waals surface area contributed by atoms with Crippen molar-refractivity contribution in [3.8, 4) is 0 Å². The SMILES string of the molecule is NC[C@@H](F)Cc1ccccc1.